The molecule has 35 heavy (non-hydrogen) atoms. The molecule has 1 N–H and O–H groups in total. The standard InChI is InChI=1S/C27H28N4O4/c1-18(12-25(33)34)11-24(32)26-22-14-21(29-2)16-30-27(22)31(3)23(26)9-4-5-10-35-17-20-8-6-7-19(13-20)15-28/h6-8,13-14,16,18H,4-5,9-12,17H2,1,3H3,(H,33,34)/t18-/m0/s1. The topological polar surface area (TPSA) is 110 Å². The molecule has 8 heteroatoms. The number of carbonyl (C=O) groups is 2. The molecule has 0 aliphatic carbocycles. The maximum atomic E-state index is 13.3. The molecule has 0 saturated heterocycles. The van der Waals surface area contributed by atoms with Crippen molar-refractivity contribution in [3.8, 4) is 6.07 Å². The van der Waals surface area contributed by atoms with E-state index in [0.29, 0.717) is 47.5 Å². The van der Waals surface area contributed by atoms with E-state index in [0.717, 1.165) is 24.1 Å². The van der Waals surface area contributed by atoms with Crippen LogP contribution in [0.25, 0.3) is 15.9 Å². The number of unbranched alkanes of at least 4 members (excludes halogenated alkanes) is 1. The summed E-state index contributed by atoms with van der Waals surface area (Å²) in [6, 6.07) is 11.1. The van der Waals surface area contributed by atoms with Gasteiger partial charge in [-0.25, -0.2) is 9.83 Å². The number of aromatic nitrogens is 2. The number of benzene rings is 1. The van der Waals surface area contributed by atoms with E-state index in [1.54, 1.807) is 19.1 Å². The molecule has 2 heterocycles. The fourth-order valence-electron chi connectivity index (χ4n) is 4.22. The maximum Gasteiger partial charge on any atom is 0.303 e. The minimum absolute atomic E-state index is 0.0774. The number of hydrogen-bond donors (Lipinski definition) is 1. The number of ether oxygens (including phenoxy) is 1. The number of aliphatic carboxylic acids is 1. The molecule has 1 aromatic carbocycles. The van der Waals surface area contributed by atoms with E-state index in [9.17, 15) is 9.59 Å². The summed E-state index contributed by atoms with van der Waals surface area (Å²) in [6.07, 6.45) is 3.72. The molecular formula is C27H28N4O4. The number of Topliss-reactive ketones (excluding diaryl/α,β-unsaturated/α-hetero) is 1. The third-order valence-electron chi connectivity index (χ3n) is 5.87. The summed E-state index contributed by atoms with van der Waals surface area (Å²) in [5, 5.41) is 18.7. The normalized spacial score (nSPS) is 11.7. The van der Waals surface area contributed by atoms with Gasteiger partial charge in [0.2, 0.25) is 5.69 Å². The first kappa shape index (κ1) is 25.6. The molecule has 2 aromatic heterocycles. The maximum absolute atomic E-state index is 13.3. The zero-order valence-corrected chi connectivity index (χ0v) is 20.0. The van der Waals surface area contributed by atoms with Crippen LogP contribution in [0.3, 0.4) is 0 Å². The smallest absolute Gasteiger partial charge is 0.303 e. The zero-order valence-electron chi connectivity index (χ0n) is 20.0. The number of hydrogen-bond acceptors (Lipinski definition) is 5. The number of aryl methyl sites for hydroxylation is 1. The minimum atomic E-state index is -0.931. The molecule has 0 saturated carbocycles. The van der Waals surface area contributed by atoms with Crippen LogP contribution in [0.15, 0.2) is 36.5 Å². The molecule has 0 unspecified atom stereocenters. The molecule has 3 rings (SSSR count). The van der Waals surface area contributed by atoms with Gasteiger partial charge < -0.3 is 14.4 Å². The molecule has 8 nitrogen and oxygen atoms in total. The van der Waals surface area contributed by atoms with Crippen molar-refractivity contribution in [2.75, 3.05) is 6.61 Å². The number of pyridine rings is 1. The Morgan fingerprint density at radius 1 is 1.29 bits per heavy atom. The number of carboxylic acids is 1. The van der Waals surface area contributed by atoms with Gasteiger partial charge in [0.15, 0.2) is 5.78 Å². The molecule has 0 bridgehead atoms. The van der Waals surface area contributed by atoms with Gasteiger partial charge in [0.1, 0.15) is 5.65 Å². The van der Waals surface area contributed by atoms with Gasteiger partial charge in [0.05, 0.1) is 24.8 Å². The molecule has 0 aliphatic heterocycles. The van der Waals surface area contributed by atoms with Crippen LogP contribution in [0, 0.1) is 23.8 Å². The summed E-state index contributed by atoms with van der Waals surface area (Å²) < 4.78 is 7.65. The molecule has 180 valence electrons. The summed E-state index contributed by atoms with van der Waals surface area (Å²) in [5.74, 6) is -1.36. The van der Waals surface area contributed by atoms with Crippen molar-refractivity contribution in [1.82, 2.24) is 9.55 Å². The van der Waals surface area contributed by atoms with E-state index in [2.05, 4.69) is 15.9 Å². The fraction of sp³-hybridized carbons (Fsp3) is 0.370. The predicted molar refractivity (Wildman–Crippen MR) is 131 cm³/mol. The Balaban J connectivity index is 1.70. The van der Waals surface area contributed by atoms with Crippen LogP contribution in [0.1, 0.15) is 59.8 Å². The van der Waals surface area contributed by atoms with E-state index in [1.807, 2.05) is 29.8 Å². The van der Waals surface area contributed by atoms with Gasteiger partial charge in [-0.1, -0.05) is 19.1 Å². The molecule has 3 aromatic rings. The van der Waals surface area contributed by atoms with Crippen LogP contribution in [0.5, 0.6) is 0 Å². The van der Waals surface area contributed by atoms with E-state index in [1.165, 1.54) is 6.20 Å². The van der Waals surface area contributed by atoms with Gasteiger partial charge in [-0.2, -0.15) is 5.26 Å². The molecule has 0 fully saturated rings. The fourth-order valence-corrected chi connectivity index (χ4v) is 4.22. The molecule has 0 spiro atoms. The lowest BCUT2D eigenvalue weighted by Crippen LogP contribution is -2.12. The molecule has 1 atom stereocenters. The van der Waals surface area contributed by atoms with Gasteiger partial charge >= 0.3 is 5.97 Å². The second kappa shape index (κ2) is 11.9. The van der Waals surface area contributed by atoms with Crippen molar-refractivity contribution in [1.29, 1.82) is 5.26 Å². The first-order valence-electron chi connectivity index (χ1n) is 11.5. The highest BCUT2D eigenvalue weighted by Gasteiger charge is 2.24. The lowest BCUT2D eigenvalue weighted by Gasteiger charge is -2.11. The monoisotopic (exact) mass is 472 g/mol. The second-order valence-electron chi connectivity index (χ2n) is 8.71. The number of fused-ring (bicyclic) bond motifs is 1. The van der Waals surface area contributed by atoms with Crippen LogP contribution in [-0.2, 0) is 29.6 Å². The average Bonchev–Trinajstić information content (AvgIpc) is 3.11. The predicted octanol–water partition coefficient (Wildman–Crippen LogP) is 5.22. The van der Waals surface area contributed by atoms with Crippen molar-refractivity contribution >= 4 is 28.5 Å². The van der Waals surface area contributed by atoms with Gasteiger partial charge in [-0.3, -0.25) is 9.59 Å². The van der Waals surface area contributed by atoms with Gasteiger partial charge in [0.25, 0.3) is 0 Å². The third kappa shape index (κ3) is 6.53. The largest absolute Gasteiger partial charge is 0.481 e. The number of carbonyl (C=O) groups excluding carboxylic acids is 1. The summed E-state index contributed by atoms with van der Waals surface area (Å²) in [4.78, 5) is 32.2. The van der Waals surface area contributed by atoms with Crippen molar-refractivity contribution in [3.63, 3.8) is 0 Å². The Morgan fingerprint density at radius 2 is 2.09 bits per heavy atom. The zero-order chi connectivity index (χ0) is 25.4. The lowest BCUT2D eigenvalue weighted by molar-refractivity contribution is -0.137. The van der Waals surface area contributed by atoms with E-state index < -0.39 is 5.97 Å². The third-order valence-corrected chi connectivity index (χ3v) is 5.87. The Hall–Kier alpha value is -4.01. The lowest BCUT2D eigenvalue weighted by atomic mass is 9.94. The highest BCUT2D eigenvalue weighted by Crippen LogP contribution is 2.30. The minimum Gasteiger partial charge on any atom is -0.481 e. The number of ketones is 1. The Kier molecular flexibility index (Phi) is 8.72. The quantitative estimate of drug-likeness (QED) is 0.220. The summed E-state index contributed by atoms with van der Waals surface area (Å²) in [5.41, 5.74) is 3.91. The molecular weight excluding hydrogens is 444 g/mol. The molecule has 0 radical (unpaired) electrons. The van der Waals surface area contributed by atoms with Crippen molar-refractivity contribution in [2.24, 2.45) is 13.0 Å². The average molecular weight is 473 g/mol. The highest BCUT2D eigenvalue weighted by atomic mass is 16.5. The van der Waals surface area contributed by atoms with E-state index in [4.69, 9.17) is 21.7 Å². The van der Waals surface area contributed by atoms with Crippen molar-refractivity contribution < 1.29 is 19.4 Å². The van der Waals surface area contributed by atoms with E-state index >= 15 is 0 Å². The molecule has 0 aliphatic rings. The first-order chi connectivity index (χ1) is 16.8. The summed E-state index contributed by atoms with van der Waals surface area (Å²) in [6.45, 7) is 10.0. The Labute approximate surface area is 204 Å². The number of rotatable bonds is 12. The Morgan fingerprint density at radius 3 is 2.80 bits per heavy atom. The van der Waals surface area contributed by atoms with Crippen molar-refractivity contribution in [2.45, 2.75) is 45.6 Å². The molecule has 0 amide bonds. The summed E-state index contributed by atoms with van der Waals surface area (Å²) in [7, 11) is 1.86. The van der Waals surface area contributed by atoms with Gasteiger partial charge in [-0.05, 0) is 48.9 Å². The van der Waals surface area contributed by atoms with Crippen molar-refractivity contribution in [3.05, 3.63) is 70.3 Å². The van der Waals surface area contributed by atoms with Gasteiger partial charge in [0, 0.05) is 49.3 Å². The first-order valence-corrected chi connectivity index (χ1v) is 11.5. The van der Waals surface area contributed by atoms with Crippen LogP contribution in [-0.4, -0.2) is 33.0 Å². The number of carboxylic acid groups (broad SMARTS) is 1. The SMILES string of the molecule is [C-]#[N+]c1cnc2c(c1)c(C(=O)C[C@H](C)CC(=O)O)c(CCCCOCc1cccc(C#N)c1)n2C. The van der Waals surface area contributed by atoms with Gasteiger partial charge in [-0.15, -0.1) is 0 Å². The Bertz CT molecular complexity index is 1310. The van der Waals surface area contributed by atoms with Crippen LogP contribution in [0.4, 0.5) is 5.69 Å². The number of nitriles is 1. The second-order valence-corrected chi connectivity index (χ2v) is 8.71. The van der Waals surface area contributed by atoms with E-state index in [-0.39, 0.29) is 24.5 Å². The van der Waals surface area contributed by atoms with Crippen LogP contribution in [0.2, 0.25) is 0 Å². The van der Waals surface area contributed by atoms with Crippen LogP contribution >= 0.6 is 0 Å². The summed E-state index contributed by atoms with van der Waals surface area (Å²) >= 11 is 0. The highest BCUT2D eigenvalue weighted by molar-refractivity contribution is 6.09. The van der Waals surface area contributed by atoms with Crippen LogP contribution < -0.4 is 0 Å². The number of nitrogens with zero attached hydrogens (tertiary/aromatic N) is 4.